The fourth-order valence-corrected chi connectivity index (χ4v) is 2.12. The van der Waals surface area contributed by atoms with Crippen molar-refractivity contribution in [3.05, 3.63) is 29.6 Å². The average Bonchev–Trinajstić information content (AvgIpc) is 2.51. The predicted molar refractivity (Wildman–Crippen MR) is 76.7 cm³/mol. The quantitative estimate of drug-likeness (QED) is 0.856. The molecule has 0 aliphatic carbocycles. The van der Waals surface area contributed by atoms with Crippen LogP contribution in [0.25, 0.3) is 0 Å². The number of halogens is 1. The molecule has 1 aliphatic rings. The minimum Gasteiger partial charge on any atom is -0.484 e. The third-order valence-corrected chi connectivity index (χ3v) is 3.24. The Kier molecular flexibility index (Phi) is 5.95. The molecule has 2 rings (SSSR count). The van der Waals surface area contributed by atoms with Gasteiger partial charge in [0.25, 0.3) is 5.91 Å². The summed E-state index contributed by atoms with van der Waals surface area (Å²) in [6.45, 7) is 5.55. The highest BCUT2D eigenvalue weighted by Gasteiger charge is 2.17. The van der Waals surface area contributed by atoms with Crippen molar-refractivity contribution in [1.29, 1.82) is 0 Å². The molecule has 116 valence electrons. The number of hydrogen-bond acceptors (Lipinski definition) is 4. The van der Waals surface area contributed by atoms with E-state index < -0.39 is 0 Å². The number of nitrogens with zero attached hydrogens (tertiary/aromatic N) is 1. The van der Waals surface area contributed by atoms with Crippen LogP contribution in [0.3, 0.4) is 0 Å². The van der Waals surface area contributed by atoms with Gasteiger partial charge in [0.2, 0.25) is 0 Å². The number of ether oxygens (including phenoxy) is 2. The third-order valence-electron chi connectivity index (χ3n) is 3.24. The summed E-state index contributed by atoms with van der Waals surface area (Å²) < 4.78 is 24.1. The standard InChI is InChI=1S/C15H21FN2O3/c1-2-17-10-12-7-13(16)9-14(8-12)21-11-15(19)18-3-5-20-6-4-18/h7-9,17H,2-6,10-11H2,1H3. The minimum absolute atomic E-state index is 0.0793. The van der Waals surface area contributed by atoms with Crippen LogP contribution in [0.4, 0.5) is 4.39 Å². The van der Waals surface area contributed by atoms with Crippen LogP contribution in [0, 0.1) is 5.82 Å². The van der Waals surface area contributed by atoms with E-state index in [1.54, 1.807) is 11.0 Å². The van der Waals surface area contributed by atoms with Crippen molar-refractivity contribution in [1.82, 2.24) is 10.2 Å². The van der Waals surface area contributed by atoms with Gasteiger partial charge in [-0.25, -0.2) is 4.39 Å². The summed E-state index contributed by atoms with van der Waals surface area (Å²) in [4.78, 5) is 13.6. The molecule has 1 aromatic rings. The third kappa shape index (κ3) is 4.99. The van der Waals surface area contributed by atoms with Gasteiger partial charge < -0.3 is 19.7 Å². The second kappa shape index (κ2) is 7.95. The average molecular weight is 296 g/mol. The van der Waals surface area contributed by atoms with Crippen molar-refractivity contribution in [2.24, 2.45) is 0 Å². The Morgan fingerprint density at radius 3 is 2.86 bits per heavy atom. The lowest BCUT2D eigenvalue weighted by molar-refractivity contribution is -0.137. The van der Waals surface area contributed by atoms with Crippen molar-refractivity contribution >= 4 is 5.91 Å². The molecule has 0 radical (unpaired) electrons. The van der Waals surface area contributed by atoms with Crippen LogP contribution in [0.5, 0.6) is 5.75 Å². The number of rotatable bonds is 6. The summed E-state index contributed by atoms with van der Waals surface area (Å²) in [5.41, 5.74) is 0.797. The smallest absolute Gasteiger partial charge is 0.260 e. The van der Waals surface area contributed by atoms with Crippen LogP contribution < -0.4 is 10.1 Å². The van der Waals surface area contributed by atoms with Crippen LogP contribution in [0.1, 0.15) is 12.5 Å². The highest BCUT2D eigenvalue weighted by molar-refractivity contribution is 5.77. The molecule has 0 spiro atoms. The summed E-state index contributed by atoms with van der Waals surface area (Å²) in [5, 5.41) is 3.12. The number of carbonyl (C=O) groups excluding carboxylic acids is 1. The molecule has 1 amide bonds. The summed E-state index contributed by atoms with van der Waals surface area (Å²) in [5.74, 6) is -0.0838. The van der Waals surface area contributed by atoms with E-state index >= 15 is 0 Å². The number of carbonyl (C=O) groups is 1. The van der Waals surface area contributed by atoms with Crippen LogP contribution in [-0.4, -0.2) is 50.3 Å². The lowest BCUT2D eigenvalue weighted by atomic mass is 10.2. The zero-order valence-corrected chi connectivity index (χ0v) is 12.2. The molecule has 0 bridgehead atoms. The van der Waals surface area contributed by atoms with Gasteiger partial charge in [-0.15, -0.1) is 0 Å². The van der Waals surface area contributed by atoms with E-state index in [9.17, 15) is 9.18 Å². The molecule has 5 nitrogen and oxygen atoms in total. The van der Waals surface area contributed by atoms with Gasteiger partial charge in [-0.2, -0.15) is 0 Å². The Bertz CT molecular complexity index is 476. The lowest BCUT2D eigenvalue weighted by Gasteiger charge is -2.26. The molecule has 0 atom stereocenters. The second-order valence-electron chi connectivity index (χ2n) is 4.86. The van der Waals surface area contributed by atoms with Gasteiger partial charge in [-0.1, -0.05) is 6.92 Å². The second-order valence-corrected chi connectivity index (χ2v) is 4.86. The van der Waals surface area contributed by atoms with Crippen LogP contribution in [0.15, 0.2) is 18.2 Å². The van der Waals surface area contributed by atoms with E-state index in [1.807, 2.05) is 6.92 Å². The number of nitrogens with one attached hydrogen (secondary N) is 1. The fraction of sp³-hybridized carbons (Fsp3) is 0.533. The Morgan fingerprint density at radius 2 is 2.14 bits per heavy atom. The molecular weight excluding hydrogens is 275 g/mol. The molecule has 6 heteroatoms. The number of amides is 1. The first-order valence-corrected chi connectivity index (χ1v) is 7.17. The van der Waals surface area contributed by atoms with E-state index in [1.165, 1.54) is 12.1 Å². The predicted octanol–water partition coefficient (Wildman–Crippen LogP) is 1.17. The highest BCUT2D eigenvalue weighted by atomic mass is 19.1. The van der Waals surface area contributed by atoms with Crippen molar-refractivity contribution in [2.75, 3.05) is 39.5 Å². The Labute approximate surface area is 124 Å². The normalized spacial score (nSPS) is 15.0. The SMILES string of the molecule is CCNCc1cc(F)cc(OCC(=O)N2CCOCC2)c1. The highest BCUT2D eigenvalue weighted by Crippen LogP contribution is 2.16. The van der Waals surface area contributed by atoms with Crippen LogP contribution in [0.2, 0.25) is 0 Å². The van der Waals surface area contributed by atoms with Crippen LogP contribution in [-0.2, 0) is 16.1 Å². The molecule has 1 heterocycles. The fourth-order valence-electron chi connectivity index (χ4n) is 2.12. The van der Waals surface area contributed by atoms with E-state index in [0.717, 1.165) is 12.1 Å². The van der Waals surface area contributed by atoms with Gasteiger partial charge in [-0.05, 0) is 24.2 Å². The zero-order chi connectivity index (χ0) is 15.1. The molecular formula is C15H21FN2O3. The molecule has 0 unspecified atom stereocenters. The van der Waals surface area contributed by atoms with Gasteiger partial charge >= 0.3 is 0 Å². The molecule has 1 N–H and O–H groups in total. The number of hydrogen-bond donors (Lipinski definition) is 1. The van der Waals surface area contributed by atoms with E-state index in [4.69, 9.17) is 9.47 Å². The molecule has 1 saturated heterocycles. The minimum atomic E-state index is -0.362. The van der Waals surface area contributed by atoms with Gasteiger partial charge in [-0.3, -0.25) is 4.79 Å². The first-order valence-electron chi connectivity index (χ1n) is 7.17. The summed E-state index contributed by atoms with van der Waals surface area (Å²) in [6, 6.07) is 4.50. The van der Waals surface area contributed by atoms with Gasteiger partial charge in [0.05, 0.1) is 13.2 Å². The first-order chi connectivity index (χ1) is 10.2. The Morgan fingerprint density at radius 1 is 1.38 bits per heavy atom. The maximum Gasteiger partial charge on any atom is 0.260 e. The van der Waals surface area contributed by atoms with Crippen molar-refractivity contribution < 1.29 is 18.7 Å². The largest absolute Gasteiger partial charge is 0.484 e. The molecule has 1 aliphatic heterocycles. The van der Waals surface area contributed by atoms with Gasteiger partial charge in [0.1, 0.15) is 11.6 Å². The van der Waals surface area contributed by atoms with E-state index in [0.29, 0.717) is 38.6 Å². The molecule has 0 aromatic heterocycles. The van der Waals surface area contributed by atoms with E-state index in [2.05, 4.69) is 5.32 Å². The number of benzene rings is 1. The molecule has 0 saturated carbocycles. The lowest BCUT2D eigenvalue weighted by Crippen LogP contribution is -2.42. The molecule has 1 aromatic carbocycles. The Balaban J connectivity index is 1.89. The Hall–Kier alpha value is -1.66. The molecule has 1 fully saturated rings. The van der Waals surface area contributed by atoms with Gasteiger partial charge in [0, 0.05) is 25.7 Å². The monoisotopic (exact) mass is 296 g/mol. The number of morpholine rings is 1. The maximum atomic E-state index is 13.5. The van der Waals surface area contributed by atoms with Crippen molar-refractivity contribution in [3.63, 3.8) is 0 Å². The zero-order valence-electron chi connectivity index (χ0n) is 12.2. The summed E-state index contributed by atoms with van der Waals surface area (Å²) in [7, 11) is 0. The maximum absolute atomic E-state index is 13.5. The van der Waals surface area contributed by atoms with Crippen molar-refractivity contribution in [2.45, 2.75) is 13.5 Å². The topological polar surface area (TPSA) is 50.8 Å². The first kappa shape index (κ1) is 15.7. The molecule has 21 heavy (non-hydrogen) atoms. The summed E-state index contributed by atoms with van der Waals surface area (Å²) >= 11 is 0. The van der Waals surface area contributed by atoms with Crippen LogP contribution >= 0.6 is 0 Å². The van der Waals surface area contributed by atoms with E-state index in [-0.39, 0.29) is 18.3 Å². The summed E-state index contributed by atoms with van der Waals surface area (Å²) in [6.07, 6.45) is 0. The van der Waals surface area contributed by atoms with Crippen molar-refractivity contribution in [3.8, 4) is 5.75 Å². The van der Waals surface area contributed by atoms with Gasteiger partial charge in [0.15, 0.2) is 6.61 Å².